The highest BCUT2D eigenvalue weighted by molar-refractivity contribution is 6.08. The number of nitrogens with one attached hydrogen (secondary N) is 1. The van der Waals surface area contributed by atoms with Gasteiger partial charge >= 0.3 is 0 Å². The fourth-order valence-corrected chi connectivity index (χ4v) is 7.52. The number of hydrogen-bond acceptors (Lipinski definition) is 8. The van der Waals surface area contributed by atoms with Crippen LogP contribution in [0.5, 0.6) is 17.2 Å². The molecule has 3 aliphatic heterocycles. The molecule has 4 aromatic rings. The zero-order chi connectivity index (χ0) is 36.6. The number of fused-ring (bicyclic) bond motifs is 4. The molecule has 268 valence electrons. The van der Waals surface area contributed by atoms with Crippen LogP contribution in [0.15, 0.2) is 95.1 Å². The normalized spacial score (nSPS) is 19.7. The Balaban J connectivity index is 0.897. The van der Waals surface area contributed by atoms with E-state index in [1.165, 1.54) is 11.1 Å². The number of carbonyl (C=O) groups is 2. The van der Waals surface area contributed by atoms with Crippen LogP contribution in [-0.4, -0.2) is 62.4 Å². The van der Waals surface area contributed by atoms with Gasteiger partial charge in [0.15, 0.2) is 17.3 Å². The van der Waals surface area contributed by atoms with Crippen molar-refractivity contribution in [3.63, 3.8) is 0 Å². The lowest BCUT2D eigenvalue weighted by atomic mass is 9.89. The van der Waals surface area contributed by atoms with Crippen LogP contribution in [-0.2, 0) is 0 Å². The number of anilines is 1. The summed E-state index contributed by atoms with van der Waals surface area (Å²) in [5.74, 6) is 1.46. The van der Waals surface area contributed by atoms with E-state index in [2.05, 4.69) is 54.7 Å². The van der Waals surface area contributed by atoms with Crippen molar-refractivity contribution in [2.45, 2.75) is 39.2 Å². The summed E-state index contributed by atoms with van der Waals surface area (Å²) in [4.78, 5) is 38.7. The molecule has 1 amide bonds. The first kappa shape index (κ1) is 34.1. The lowest BCUT2D eigenvalue weighted by Crippen LogP contribution is -2.32. The minimum absolute atomic E-state index is 0.0376. The van der Waals surface area contributed by atoms with Crippen molar-refractivity contribution >= 4 is 52.3 Å². The number of carbonyl (C=O) groups excluding carboxylic acids is 2. The van der Waals surface area contributed by atoms with Crippen LogP contribution in [0.4, 0.5) is 17.1 Å². The molecule has 8 rings (SSSR count). The Kier molecular flexibility index (Phi) is 9.16. The number of ether oxygens (including phenoxy) is 3. The molecule has 0 spiro atoms. The van der Waals surface area contributed by atoms with Crippen LogP contribution in [0.1, 0.15) is 62.2 Å². The number of Topliss-reactive ketones (excluding diaryl/α,β-unsaturated/α-hetero) is 1. The third-order valence-corrected chi connectivity index (χ3v) is 10.5. The average molecular weight is 707 g/mol. The predicted octanol–water partition coefficient (Wildman–Crippen LogP) is 8.79. The molecule has 1 N–H and O–H groups in total. The Morgan fingerprint density at radius 2 is 1.45 bits per heavy atom. The van der Waals surface area contributed by atoms with Crippen molar-refractivity contribution in [1.82, 2.24) is 4.90 Å². The van der Waals surface area contributed by atoms with E-state index in [0.717, 1.165) is 34.4 Å². The van der Waals surface area contributed by atoms with Crippen LogP contribution >= 0.6 is 0 Å². The van der Waals surface area contributed by atoms with Gasteiger partial charge < -0.3 is 24.4 Å². The van der Waals surface area contributed by atoms with Crippen LogP contribution in [0.25, 0.3) is 11.1 Å². The van der Waals surface area contributed by atoms with E-state index in [-0.39, 0.29) is 29.6 Å². The Morgan fingerprint density at radius 3 is 2.21 bits per heavy atom. The van der Waals surface area contributed by atoms with Crippen molar-refractivity contribution in [2.24, 2.45) is 21.8 Å². The van der Waals surface area contributed by atoms with E-state index >= 15 is 0 Å². The summed E-state index contributed by atoms with van der Waals surface area (Å²) in [7, 11) is 3.45. The molecular weight excluding hydrogens is 665 g/mol. The van der Waals surface area contributed by atoms with Crippen molar-refractivity contribution in [3.8, 4) is 17.2 Å². The van der Waals surface area contributed by atoms with Crippen LogP contribution in [0, 0.1) is 25.7 Å². The molecule has 3 atom stereocenters. The van der Waals surface area contributed by atoms with Crippen LogP contribution < -0.4 is 19.5 Å². The molecule has 1 aliphatic carbocycles. The first-order valence-electron chi connectivity index (χ1n) is 18.1. The summed E-state index contributed by atoms with van der Waals surface area (Å²) in [5.41, 5.74) is 9.96. The van der Waals surface area contributed by atoms with Crippen LogP contribution in [0.3, 0.4) is 0 Å². The highest BCUT2D eigenvalue weighted by atomic mass is 16.5. The molecule has 0 aromatic heterocycles. The molecule has 0 bridgehead atoms. The fourth-order valence-electron chi connectivity index (χ4n) is 7.52. The minimum atomic E-state index is -0.220. The van der Waals surface area contributed by atoms with E-state index in [1.807, 2.05) is 56.9 Å². The third-order valence-electron chi connectivity index (χ3n) is 10.5. The highest BCUT2D eigenvalue weighted by Crippen LogP contribution is 2.43. The van der Waals surface area contributed by atoms with Gasteiger partial charge in [0.25, 0.3) is 5.91 Å². The number of hydrogen-bond donors (Lipinski definition) is 1. The number of aliphatic imine (C=N–C) groups is 2. The maximum atomic E-state index is 13.7. The number of ketones is 1. The summed E-state index contributed by atoms with van der Waals surface area (Å²) in [6, 6.07) is 23.8. The van der Waals surface area contributed by atoms with Crippen LogP contribution in [0.2, 0.25) is 0 Å². The van der Waals surface area contributed by atoms with Crippen molar-refractivity contribution in [2.75, 3.05) is 32.7 Å². The topological polar surface area (TPSA) is 102 Å². The number of aryl methyl sites for hydroxylation is 2. The summed E-state index contributed by atoms with van der Waals surface area (Å²) >= 11 is 0. The maximum absolute atomic E-state index is 13.7. The van der Waals surface area contributed by atoms with E-state index in [9.17, 15) is 9.59 Å². The van der Waals surface area contributed by atoms with Gasteiger partial charge in [-0.05, 0) is 72.4 Å². The van der Waals surface area contributed by atoms with E-state index in [4.69, 9.17) is 24.2 Å². The molecule has 4 aromatic carbocycles. The molecule has 53 heavy (non-hydrogen) atoms. The second kappa shape index (κ2) is 14.2. The summed E-state index contributed by atoms with van der Waals surface area (Å²) < 4.78 is 18.0. The summed E-state index contributed by atoms with van der Waals surface area (Å²) in [5, 5.41) is 3.14. The molecule has 0 radical (unpaired) electrons. The standard InChI is InChI=1S/C44H42N4O5/c1-26-6-8-28(9-7-26)30-17-31-23-46-38-21-40(27(2)16-36(38)43(49)35(31)19-30)52-14-5-15-53-42-22-39-37(20-41(42)51-4)44(50)48-25-32(18-34(48)24-47-39)29-10-12-33(45-3)13-11-29/h6-13,16,19-25,31,34-35,45H,5,14-15,17-18H2,1-4H3/t31-,34-,35?/m0/s1. The number of amides is 1. The molecule has 4 aliphatic rings. The smallest absolute Gasteiger partial charge is 0.260 e. The average Bonchev–Trinajstić information content (AvgIpc) is 3.76. The summed E-state index contributed by atoms with van der Waals surface area (Å²) in [6.07, 6.45) is 9.91. The van der Waals surface area contributed by atoms with Gasteiger partial charge in [0.05, 0.1) is 43.3 Å². The first-order valence-corrected chi connectivity index (χ1v) is 18.1. The molecule has 0 saturated heterocycles. The highest BCUT2D eigenvalue weighted by Gasteiger charge is 2.36. The lowest BCUT2D eigenvalue weighted by Gasteiger charge is -2.19. The van der Waals surface area contributed by atoms with Crippen molar-refractivity contribution < 1.29 is 23.8 Å². The molecule has 9 nitrogen and oxygen atoms in total. The largest absolute Gasteiger partial charge is 0.493 e. The monoisotopic (exact) mass is 706 g/mol. The second-order valence-electron chi connectivity index (χ2n) is 14.0. The number of rotatable bonds is 10. The molecule has 0 fully saturated rings. The number of allylic oxidation sites excluding steroid dienone is 2. The molecule has 0 saturated carbocycles. The van der Waals surface area contributed by atoms with Crippen molar-refractivity contribution in [3.05, 3.63) is 118 Å². The van der Waals surface area contributed by atoms with Gasteiger partial charge in [0, 0.05) is 73.7 Å². The minimum Gasteiger partial charge on any atom is -0.493 e. The van der Waals surface area contributed by atoms with Crippen molar-refractivity contribution in [1.29, 1.82) is 0 Å². The Bertz CT molecular complexity index is 2220. The van der Waals surface area contributed by atoms with Gasteiger partial charge in [-0.15, -0.1) is 0 Å². The Labute approximate surface area is 309 Å². The second-order valence-corrected chi connectivity index (χ2v) is 14.0. The predicted molar refractivity (Wildman–Crippen MR) is 210 cm³/mol. The third kappa shape index (κ3) is 6.63. The van der Waals surface area contributed by atoms with E-state index in [0.29, 0.717) is 65.8 Å². The molecule has 3 heterocycles. The molecule has 9 heteroatoms. The Morgan fingerprint density at radius 1 is 0.774 bits per heavy atom. The van der Waals surface area contributed by atoms with Gasteiger partial charge in [0.2, 0.25) is 0 Å². The fraction of sp³-hybridized carbons (Fsp3) is 0.273. The molecular formula is C44H42N4O5. The van der Waals surface area contributed by atoms with Gasteiger partial charge in [-0.1, -0.05) is 48.0 Å². The van der Waals surface area contributed by atoms with Gasteiger partial charge in [-0.3, -0.25) is 19.6 Å². The van der Waals surface area contributed by atoms with E-state index < -0.39 is 0 Å². The van der Waals surface area contributed by atoms with Gasteiger partial charge in [-0.25, -0.2) is 0 Å². The quantitative estimate of drug-likeness (QED) is 0.166. The zero-order valence-electron chi connectivity index (χ0n) is 30.4. The number of benzene rings is 4. The molecule has 1 unspecified atom stereocenters. The maximum Gasteiger partial charge on any atom is 0.260 e. The number of nitrogens with zero attached hydrogens (tertiary/aromatic N) is 3. The SMILES string of the molecule is CNc1ccc(C2=CN3C(=O)c4cc(OC)c(OCCCOc5cc6c(cc5C)C(=O)C5C=C(c7ccc(C)cc7)C[C@H]5C=N6)cc4N=C[C@@H]3C2)cc1. The Hall–Kier alpha value is -5.96. The first-order chi connectivity index (χ1) is 25.8. The van der Waals surface area contributed by atoms with Gasteiger partial charge in [-0.2, -0.15) is 0 Å². The van der Waals surface area contributed by atoms with E-state index in [1.54, 1.807) is 24.1 Å². The summed E-state index contributed by atoms with van der Waals surface area (Å²) in [6.45, 7) is 4.80. The lowest BCUT2D eigenvalue weighted by molar-refractivity contribution is 0.0817. The number of methoxy groups -OCH3 is 1. The zero-order valence-corrected chi connectivity index (χ0v) is 30.4. The van der Waals surface area contributed by atoms with Gasteiger partial charge in [0.1, 0.15) is 5.75 Å².